The van der Waals surface area contributed by atoms with Gasteiger partial charge in [-0.3, -0.25) is 9.59 Å². The van der Waals surface area contributed by atoms with Crippen LogP contribution in [0.5, 0.6) is 0 Å². The van der Waals surface area contributed by atoms with E-state index in [0.717, 1.165) is 0 Å². The number of hydrogen-bond donors (Lipinski definition) is 3. The Morgan fingerprint density at radius 1 is 1.31 bits per heavy atom. The zero-order valence-electron chi connectivity index (χ0n) is 8.99. The van der Waals surface area contributed by atoms with Crippen molar-refractivity contribution < 1.29 is 14.7 Å². The Balaban J connectivity index is 2.77. The van der Waals surface area contributed by atoms with Crippen LogP contribution < -0.4 is 10.6 Å². The fourth-order valence-corrected chi connectivity index (χ4v) is 1.28. The van der Waals surface area contributed by atoms with Gasteiger partial charge in [0.15, 0.2) is 0 Å². The topological polar surface area (TPSA) is 78.4 Å². The number of hydrogen-bond acceptors (Lipinski definition) is 3. The normalized spacial score (nSPS) is 9.56. The van der Waals surface area contributed by atoms with Crippen LogP contribution in [0, 0.1) is 0 Å². The molecule has 0 unspecified atom stereocenters. The van der Waals surface area contributed by atoms with Crippen molar-refractivity contribution in [2.75, 3.05) is 18.4 Å². The van der Waals surface area contributed by atoms with E-state index in [4.69, 9.17) is 5.11 Å². The van der Waals surface area contributed by atoms with Gasteiger partial charge < -0.3 is 15.7 Å². The average Bonchev–Trinajstić information content (AvgIpc) is 2.27. The Bertz CT molecular complexity index is 391. The van der Waals surface area contributed by atoms with Gasteiger partial charge in [-0.1, -0.05) is 12.1 Å². The van der Waals surface area contributed by atoms with Gasteiger partial charge in [0, 0.05) is 12.2 Å². The van der Waals surface area contributed by atoms with E-state index in [-0.39, 0.29) is 12.5 Å². The summed E-state index contributed by atoms with van der Waals surface area (Å²) in [7, 11) is 0. The molecule has 0 heterocycles. The summed E-state index contributed by atoms with van der Waals surface area (Å²) in [5.74, 6) is -1.45. The smallest absolute Gasteiger partial charge is 0.322 e. The van der Waals surface area contributed by atoms with Crippen LogP contribution in [0.25, 0.3) is 0 Å². The van der Waals surface area contributed by atoms with Crippen molar-refractivity contribution in [1.82, 2.24) is 5.32 Å². The molecule has 1 aromatic rings. The fourth-order valence-electron chi connectivity index (χ4n) is 1.28. The summed E-state index contributed by atoms with van der Waals surface area (Å²) in [6.45, 7) is 2.24. The molecule has 0 saturated carbocycles. The Kier molecular flexibility index (Phi) is 4.32. The molecule has 16 heavy (non-hydrogen) atoms. The molecule has 5 heteroatoms. The Hall–Kier alpha value is -2.04. The molecule has 1 rings (SSSR count). The summed E-state index contributed by atoms with van der Waals surface area (Å²) in [4.78, 5) is 21.9. The van der Waals surface area contributed by atoms with E-state index in [9.17, 15) is 9.59 Å². The standard InChI is InChI=1S/C11H14N2O3/c1-2-12-9-6-4-3-5-8(9)11(16)13-7-10(14)15/h3-6,12H,2,7H2,1H3,(H,13,16)(H,14,15). The number of nitrogens with one attached hydrogen (secondary N) is 2. The predicted molar refractivity (Wildman–Crippen MR) is 60.6 cm³/mol. The van der Waals surface area contributed by atoms with E-state index < -0.39 is 5.97 Å². The highest BCUT2D eigenvalue weighted by Crippen LogP contribution is 2.14. The number of anilines is 1. The van der Waals surface area contributed by atoms with E-state index in [0.29, 0.717) is 17.8 Å². The lowest BCUT2D eigenvalue weighted by Crippen LogP contribution is -2.29. The third-order valence-electron chi connectivity index (χ3n) is 1.94. The molecule has 1 amide bonds. The Labute approximate surface area is 93.5 Å². The number of carbonyl (C=O) groups is 2. The van der Waals surface area contributed by atoms with E-state index in [1.54, 1.807) is 18.2 Å². The van der Waals surface area contributed by atoms with E-state index in [2.05, 4.69) is 10.6 Å². The first-order valence-corrected chi connectivity index (χ1v) is 4.98. The highest BCUT2D eigenvalue weighted by atomic mass is 16.4. The average molecular weight is 222 g/mol. The SMILES string of the molecule is CCNc1ccccc1C(=O)NCC(=O)O. The van der Waals surface area contributed by atoms with Gasteiger partial charge in [-0.2, -0.15) is 0 Å². The van der Waals surface area contributed by atoms with Crippen molar-refractivity contribution in [3.63, 3.8) is 0 Å². The number of carboxylic acid groups (broad SMARTS) is 1. The van der Waals surface area contributed by atoms with Gasteiger partial charge in [0.05, 0.1) is 5.56 Å². The van der Waals surface area contributed by atoms with Crippen LogP contribution in [0.1, 0.15) is 17.3 Å². The van der Waals surface area contributed by atoms with Crippen LogP contribution in [-0.4, -0.2) is 30.1 Å². The van der Waals surface area contributed by atoms with Crippen LogP contribution in [0.2, 0.25) is 0 Å². The lowest BCUT2D eigenvalue weighted by Gasteiger charge is -2.09. The third kappa shape index (κ3) is 3.27. The van der Waals surface area contributed by atoms with Crippen molar-refractivity contribution in [3.8, 4) is 0 Å². The van der Waals surface area contributed by atoms with Crippen molar-refractivity contribution in [3.05, 3.63) is 29.8 Å². The van der Waals surface area contributed by atoms with E-state index in [1.807, 2.05) is 13.0 Å². The van der Waals surface area contributed by atoms with Gasteiger partial charge in [-0.15, -0.1) is 0 Å². The molecule has 0 atom stereocenters. The van der Waals surface area contributed by atoms with Crippen molar-refractivity contribution >= 4 is 17.6 Å². The largest absolute Gasteiger partial charge is 0.480 e. The minimum Gasteiger partial charge on any atom is -0.480 e. The second-order valence-corrected chi connectivity index (χ2v) is 3.15. The van der Waals surface area contributed by atoms with Crippen LogP contribution in [-0.2, 0) is 4.79 Å². The molecule has 86 valence electrons. The molecule has 0 aromatic heterocycles. The zero-order valence-corrected chi connectivity index (χ0v) is 8.99. The van der Waals surface area contributed by atoms with Crippen molar-refractivity contribution in [2.24, 2.45) is 0 Å². The summed E-state index contributed by atoms with van der Waals surface area (Å²) in [6.07, 6.45) is 0. The van der Waals surface area contributed by atoms with Gasteiger partial charge in [-0.05, 0) is 19.1 Å². The number of carboxylic acids is 1. The number of para-hydroxylation sites is 1. The van der Waals surface area contributed by atoms with Crippen LogP contribution >= 0.6 is 0 Å². The maximum atomic E-state index is 11.6. The number of amides is 1. The summed E-state index contributed by atoms with van der Waals surface area (Å²) >= 11 is 0. The third-order valence-corrected chi connectivity index (χ3v) is 1.94. The molecule has 5 nitrogen and oxygen atoms in total. The van der Waals surface area contributed by atoms with Gasteiger partial charge >= 0.3 is 5.97 Å². The first-order chi connectivity index (χ1) is 7.65. The second kappa shape index (κ2) is 5.75. The van der Waals surface area contributed by atoms with Gasteiger partial charge in [0.25, 0.3) is 5.91 Å². The van der Waals surface area contributed by atoms with Crippen molar-refractivity contribution in [1.29, 1.82) is 0 Å². The molecule has 0 spiro atoms. The quantitative estimate of drug-likeness (QED) is 0.692. The Morgan fingerprint density at radius 2 is 2.00 bits per heavy atom. The molecule has 0 bridgehead atoms. The molecule has 0 radical (unpaired) electrons. The van der Waals surface area contributed by atoms with Gasteiger partial charge in [-0.25, -0.2) is 0 Å². The monoisotopic (exact) mass is 222 g/mol. The first kappa shape index (κ1) is 12.0. The molecular formula is C11H14N2O3. The summed E-state index contributed by atoms with van der Waals surface area (Å²) in [5, 5.41) is 13.8. The molecule has 0 aliphatic rings. The summed E-state index contributed by atoms with van der Waals surface area (Å²) in [5.41, 5.74) is 1.15. The molecule has 0 fully saturated rings. The highest BCUT2D eigenvalue weighted by Gasteiger charge is 2.10. The number of aliphatic carboxylic acids is 1. The van der Waals surface area contributed by atoms with Crippen LogP contribution in [0.15, 0.2) is 24.3 Å². The molecule has 0 aliphatic carbocycles. The summed E-state index contributed by atoms with van der Waals surface area (Å²) in [6, 6.07) is 6.97. The lowest BCUT2D eigenvalue weighted by molar-refractivity contribution is -0.135. The molecule has 0 saturated heterocycles. The summed E-state index contributed by atoms with van der Waals surface area (Å²) < 4.78 is 0. The lowest BCUT2D eigenvalue weighted by atomic mass is 10.1. The molecule has 0 aliphatic heterocycles. The first-order valence-electron chi connectivity index (χ1n) is 4.98. The Morgan fingerprint density at radius 3 is 2.62 bits per heavy atom. The number of carbonyl (C=O) groups excluding carboxylic acids is 1. The van der Waals surface area contributed by atoms with Gasteiger partial charge in [0.1, 0.15) is 6.54 Å². The molecule has 1 aromatic carbocycles. The van der Waals surface area contributed by atoms with E-state index in [1.165, 1.54) is 0 Å². The highest BCUT2D eigenvalue weighted by molar-refractivity contribution is 6.00. The van der Waals surface area contributed by atoms with Crippen LogP contribution in [0.4, 0.5) is 5.69 Å². The molecule has 3 N–H and O–H groups in total. The van der Waals surface area contributed by atoms with Crippen LogP contribution in [0.3, 0.4) is 0 Å². The predicted octanol–water partition coefficient (Wildman–Crippen LogP) is 0.933. The van der Waals surface area contributed by atoms with Gasteiger partial charge in [0.2, 0.25) is 0 Å². The number of benzene rings is 1. The maximum Gasteiger partial charge on any atom is 0.322 e. The molecular weight excluding hydrogens is 208 g/mol. The second-order valence-electron chi connectivity index (χ2n) is 3.15. The zero-order chi connectivity index (χ0) is 12.0. The van der Waals surface area contributed by atoms with E-state index >= 15 is 0 Å². The maximum absolute atomic E-state index is 11.6. The fraction of sp³-hybridized carbons (Fsp3) is 0.273. The minimum atomic E-state index is -1.06. The minimum absolute atomic E-state index is 0.376. The van der Waals surface area contributed by atoms with Crippen molar-refractivity contribution in [2.45, 2.75) is 6.92 Å². The number of rotatable bonds is 5.